The number of anilines is 1. The van der Waals surface area contributed by atoms with E-state index < -0.39 is 35.6 Å². The molecule has 4 rings (SSSR count). The molecule has 3 heterocycles. The largest absolute Gasteiger partial charge is 0.490 e. The van der Waals surface area contributed by atoms with Crippen LogP contribution in [0.15, 0.2) is 24.4 Å². The molecule has 0 amide bonds. The number of carboxylic acid groups (broad SMARTS) is 2. The number of carbonyl (C=O) groups is 2. The molecule has 7 nitrogen and oxygen atoms in total. The van der Waals surface area contributed by atoms with E-state index in [1.165, 1.54) is 12.8 Å². The molecule has 0 aromatic carbocycles. The van der Waals surface area contributed by atoms with E-state index in [1.54, 1.807) is 6.20 Å². The van der Waals surface area contributed by atoms with Gasteiger partial charge in [0.2, 0.25) is 0 Å². The third-order valence-corrected chi connectivity index (χ3v) is 6.07. The first-order chi connectivity index (χ1) is 16.5. The fraction of sp³-hybridized carbons (Fsp3) is 0.667. The zero-order chi connectivity index (χ0) is 27.4. The quantitative estimate of drug-likeness (QED) is 0.558. The second kappa shape index (κ2) is 11.1. The molecule has 1 unspecified atom stereocenters. The highest BCUT2D eigenvalue weighted by Gasteiger charge is 2.59. The Morgan fingerprint density at radius 2 is 1.50 bits per heavy atom. The van der Waals surface area contributed by atoms with Crippen molar-refractivity contribution < 1.29 is 54.9 Å². The van der Waals surface area contributed by atoms with Gasteiger partial charge in [-0.05, 0) is 37.3 Å². The zero-order valence-electron chi connectivity index (χ0n) is 18.8. The van der Waals surface area contributed by atoms with Crippen molar-refractivity contribution >= 4 is 17.8 Å². The Bertz CT molecular complexity index is 869. The van der Waals surface area contributed by atoms with Crippen LogP contribution in [0.3, 0.4) is 0 Å². The lowest BCUT2D eigenvalue weighted by molar-refractivity contribution is -0.193. The molecule has 0 bridgehead atoms. The molecule has 1 aromatic heterocycles. The van der Waals surface area contributed by atoms with Crippen molar-refractivity contribution in [2.45, 2.75) is 44.0 Å². The van der Waals surface area contributed by atoms with E-state index in [0.29, 0.717) is 32.6 Å². The molecular formula is C21H25F8N3O4. The van der Waals surface area contributed by atoms with Crippen LogP contribution >= 0.6 is 0 Å². The van der Waals surface area contributed by atoms with E-state index in [1.807, 2.05) is 23.1 Å². The van der Waals surface area contributed by atoms with Gasteiger partial charge in [-0.3, -0.25) is 0 Å². The fourth-order valence-corrected chi connectivity index (χ4v) is 4.04. The third kappa shape index (κ3) is 8.17. The van der Waals surface area contributed by atoms with Crippen molar-refractivity contribution in [1.29, 1.82) is 0 Å². The topological polar surface area (TPSA) is 94.0 Å². The molecule has 0 radical (unpaired) electrons. The predicted molar refractivity (Wildman–Crippen MR) is 110 cm³/mol. The summed E-state index contributed by atoms with van der Waals surface area (Å²) in [6, 6.07) is 5.70. The van der Waals surface area contributed by atoms with Gasteiger partial charge >= 0.3 is 24.3 Å². The van der Waals surface area contributed by atoms with Crippen molar-refractivity contribution in [2.75, 3.05) is 37.6 Å². The van der Waals surface area contributed by atoms with E-state index in [9.17, 15) is 35.1 Å². The summed E-state index contributed by atoms with van der Waals surface area (Å²) in [5.74, 6) is -6.48. The fourth-order valence-electron chi connectivity index (χ4n) is 4.04. The van der Waals surface area contributed by atoms with Gasteiger partial charge in [0, 0.05) is 45.3 Å². The molecule has 1 saturated carbocycles. The predicted octanol–water partition coefficient (Wildman–Crippen LogP) is 4.30. The van der Waals surface area contributed by atoms with Gasteiger partial charge in [0.25, 0.3) is 5.92 Å². The van der Waals surface area contributed by atoms with Gasteiger partial charge in [-0.2, -0.15) is 26.3 Å². The summed E-state index contributed by atoms with van der Waals surface area (Å²) < 4.78 is 92.9. The molecule has 36 heavy (non-hydrogen) atoms. The average Bonchev–Trinajstić information content (AvgIpc) is 3.47. The first-order valence-corrected chi connectivity index (χ1v) is 10.8. The molecule has 2 saturated heterocycles. The Hall–Kier alpha value is -2.71. The molecule has 1 aliphatic carbocycles. The van der Waals surface area contributed by atoms with Crippen LogP contribution in [0.25, 0.3) is 0 Å². The van der Waals surface area contributed by atoms with E-state index in [0.717, 1.165) is 18.3 Å². The maximum absolute atomic E-state index is 14.7. The molecule has 3 fully saturated rings. The van der Waals surface area contributed by atoms with Crippen LogP contribution in [-0.4, -0.2) is 83.0 Å². The molecule has 3 aliphatic rings. The Morgan fingerprint density at radius 3 is 1.94 bits per heavy atom. The number of halogens is 8. The monoisotopic (exact) mass is 535 g/mol. The van der Waals surface area contributed by atoms with E-state index in [4.69, 9.17) is 19.8 Å². The second-order valence-electron chi connectivity index (χ2n) is 8.88. The van der Waals surface area contributed by atoms with Gasteiger partial charge in [-0.15, -0.1) is 0 Å². The maximum Gasteiger partial charge on any atom is 0.490 e. The number of alkyl halides is 8. The van der Waals surface area contributed by atoms with Crippen molar-refractivity contribution in [3.05, 3.63) is 24.4 Å². The number of aromatic nitrogens is 1. The molecule has 204 valence electrons. The van der Waals surface area contributed by atoms with Crippen LogP contribution < -0.4 is 4.90 Å². The number of aliphatic carboxylic acids is 2. The number of rotatable bonds is 3. The van der Waals surface area contributed by atoms with Crippen LogP contribution in [0.4, 0.5) is 40.9 Å². The molecule has 1 spiro atoms. The molecule has 2 aliphatic heterocycles. The molecule has 1 aromatic rings. The number of likely N-dealkylation sites (tertiary alicyclic amines) is 1. The Kier molecular flexibility index (Phi) is 9.13. The lowest BCUT2D eigenvalue weighted by Crippen LogP contribution is -2.57. The van der Waals surface area contributed by atoms with Crippen LogP contribution in [0.1, 0.15) is 25.7 Å². The zero-order valence-corrected chi connectivity index (χ0v) is 18.8. The summed E-state index contributed by atoms with van der Waals surface area (Å²) in [6.07, 6.45) is -5.30. The molecular weight excluding hydrogens is 510 g/mol. The number of carboxylic acids is 2. The standard InChI is InChI=1S/C17H23F2N3.2C2HF3O2/c18-17(19)7-9-21(11-14-4-5-14)12-16(17)6-10-22(13-16)15-3-1-2-8-20-15;2*3-2(4,5)1(6)7/h1-3,8,14H,4-7,9-13H2;2*(H,6,7). The lowest BCUT2D eigenvalue weighted by atomic mass is 9.75. The summed E-state index contributed by atoms with van der Waals surface area (Å²) >= 11 is 0. The van der Waals surface area contributed by atoms with Gasteiger partial charge in [-0.25, -0.2) is 23.4 Å². The summed E-state index contributed by atoms with van der Waals surface area (Å²) in [6.45, 7) is 3.22. The van der Waals surface area contributed by atoms with Gasteiger partial charge in [0.1, 0.15) is 5.82 Å². The summed E-state index contributed by atoms with van der Waals surface area (Å²) in [5.41, 5.74) is -0.891. The minimum absolute atomic E-state index is 0.00970. The van der Waals surface area contributed by atoms with Gasteiger partial charge in [0.15, 0.2) is 0 Å². The smallest absolute Gasteiger partial charge is 0.475 e. The lowest BCUT2D eigenvalue weighted by Gasteiger charge is -2.46. The van der Waals surface area contributed by atoms with E-state index >= 15 is 0 Å². The summed E-state index contributed by atoms with van der Waals surface area (Å²) in [7, 11) is 0. The highest BCUT2D eigenvalue weighted by molar-refractivity contribution is 5.73. The highest BCUT2D eigenvalue weighted by atomic mass is 19.4. The SMILES string of the molecule is FC1(F)CCN(CC2CC2)CC12CCN(c1ccccn1)C2.O=C(O)C(F)(F)F.O=C(O)C(F)(F)F. The van der Waals surface area contributed by atoms with Crippen molar-refractivity contribution in [2.24, 2.45) is 11.3 Å². The minimum atomic E-state index is -5.08. The maximum atomic E-state index is 14.7. The van der Waals surface area contributed by atoms with Crippen LogP contribution in [0.2, 0.25) is 0 Å². The van der Waals surface area contributed by atoms with Crippen molar-refractivity contribution in [3.63, 3.8) is 0 Å². The molecule has 15 heteroatoms. The van der Waals surface area contributed by atoms with Gasteiger partial charge < -0.3 is 20.0 Å². The normalized spacial score (nSPS) is 23.8. The van der Waals surface area contributed by atoms with Gasteiger partial charge in [0.05, 0.1) is 5.41 Å². The number of hydrogen-bond donors (Lipinski definition) is 2. The van der Waals surface area contributed by atoms with Crippen LogP contribution in [-0.2, 0) is 9.59 Å². The molecule has 2 N–H and O–H groups in total. The Balaban J connectivity index is 0.000000271. The number of piperidine rings is 1. The summed E-state index contributed by atoms with van der Waals surface area (Å²) in [4.78, 5) is 26.4. The number of pyridine rings is 1. The number of hydrogen-bond acceptors (Lipinski definition) is 5. The third-order valence-electron chi connectivity index (χ3n) is 6.07. The Labute approximate surface area is 200 Å². The summed E-state index contributed by atoms with van der Waals surface area (Å²) in [5, 5.41) is 14.2. The first kappa shape index (κ1) is 29.5. The second-order valence-corrected chi connectivity index (χ2v) is 8.88. The van der Waals surface area contributed by atoms with E-state index in [-0.39, 0.29) is 6.42 Å². The van der Waals surface area contributed by atoms with Crippen LogP contribution in [0, 0.1) is 11.3 Å². The van der Waals surface area contributed by atoms with Crippen LogP contribution in [0.5, 0.6) is 0 Å². The van der Waals surface area contributed by atoms with Crippen molar-refractivity contribution in [1.82, 2.24) is 9.88 Å². The number of nitrogens with zero attached hydrogens (tertiary/aromatic N) is 3. The van der Waals surface area contributed by atoms with Crippen molar-refractivity contribution in [3.8, 4) is 0 Å². The average molecular weight is 535 g/mol. The van der Waals surface area contributed by atoms with Gasteiger partial charge in [-0.1, -0.05) is 6.07 Å². The van der Waals surface area contributed by atoms with E-state index in [2.05, 4.69) is 9.88 Å². The minimum Gasteiger partial charge on any atom is -0.475 e. The highest BCUT2D eigenvalue weighted by Crippen LogP contribution is 2.50. The Morgan fingerprint density at radius 1 is 0.944 bits per heavy atom. The first-order valence-electron chi connectivity index (χ1n) is 10.8. The molecule has 1 atom stereocenters.